The van der Waals surface area contributed by atoms with Crippen molar-refractivity contribution in [3.05, 3.63) is 56.9 Å². The molecular formula is C13H9BrClFN2O. The zero-order valence-electron chi connectivity index (χ0n) is 9.88. The summed E-state index contributed by atoms with van der Waals surface area (Å²) in [5.74, 6) is -0.751. The van der Waals surface area contributed by atoms with Crippen LogP contribution in [0.15, 0.2) is 34.8 Å². The van der Waals surface area contributed by atoms with Gasteiger partial charge in [0.05, 0.1) is 16.3 Å². The van der Waals surface area contributed by atoms with Crippen molar-refractivity contribution in [2.24, 2.45) is 0 Å². The zero-order valence-corrected chi connectivity index (χ0v) is 12.2. The van der Waals surface area contributed by atoms with Gasteiger partial charge in [0.2, 0.25) is 0 Å². The molecular weight excluding hydrogens is 335 g/mol. The van der Waals surface area contributed by atoms with Gasteiger partial charge in [-0.15, -0.1) is 0 Å². The van der Waals surface area contributed by atoms with Gasteiger partial charge in [-0.25, -0.2) is 9.37 Å². The number of benzene rings is 1. The van der Waals surface area contributed by atoms with Crippen molar-refractivity contribution in [3.8, 4) is 0 Å². The van der Waals surface area contributed by atoms with Crippen LogP contribution in [0.25, 0.3) is 0 Å². The lowest BCUT2D eigenvalue weighted by Crippen LogP contribution is -2.14. The fourth-order valence-electron chi connectivity index (χ4n) is 1.48. The average Bonchev–Trinajstić information content (AvgIpc) is 2.37. The summed E-state index contributed by atoms with van der Waals surface area (Å²) in [5.41, 5.74) is 0.812. The quantitative estimate of drug-likeness (QED) is 0.888. The third-order valence-corrected chi connectivity index (χ3v) is 3.68. The van der Waals surface area contributed by atoms with E-state index in [4.69, 9.17) is 11.6 Å². The largest absolute Gasteiger partial charge is 0.307 e. The Hall–Kier alpha value is -1.46. The molecule has 1 heterocycles. The van der Waals surface area contributed by atoms with Crippen LogP contribution in [0.5, 0.6) is 0 Å². The summed E-state index contributed by atoms with van der Waals surface area (Å²) in [6.45, 7) is 1.80. The van der Waals surface area contributed by atoms with Crippen molar-refractivity contribution in [1.29, 1.82) is 0 Å². The molecule has 0 aliphatic heterocycles. The van der Waals surface area contributed by atoms with Crippen molar-refractivity contribution < 1.29 is 9.18 Å². The first-order valence-corrected chi connectivity index (χ1v) is 6.54. The number of nitrogens with zero attached hydrogens (tertiary/aromatic N) is 1. The second-order valence-corrected chi connectivity index (χ2v) is 5.05. The standard InChI is InChI=1S/C13H9BrClFN2O/c1-7-9(14)5-6-11(17-7)18-13(19)8-3-2-4-10(16)12(8)15/h2-6H,1H3,(H,17,18,19). The van der Waals surface area contributed by atoms with Crippen LogP contribution in [-0.4, -0.2) is 10.9 Å². The topological polar surface area (TPSA) is 42.0 Å². The minimum atomic E-state index is -0.630. The predicted molar refractivity (Wildman–Crippen MR) is 76.0 cm³/mol. The Morgan fingerprint density at radius 3 is 2.79 bits per heavy atom. The minimum absolute atomic E-state index is 0.0732. The van der Waals surface area contributed by atoms with E-state index >= 15 is 0 Å². The molecule has 1 aromatic carbocycles. The van der Waals surface area contributed by atoms with Gasteiger partial charge in [-0.2, -0.15) is 0 Å². The summed E-state index contributed by atoms with van der Waals surface area (Å²) in [5, 5.41) is 2.37. The first-order chi connectivity index (χ1) is 8.99. The van der Waals surface area contributed by atoms with E-state index in [2.05, 4.69) is 26.2 Å². The van der Waals surface area contributed by atoms with Crippen LogP contribution in [0.3, 0.4) is 0 Å². The summed E-state index contributed by atoms with van der Waals surface area (Å²) < 4.78 is 14.1. The van der Waals surface area contributed by atoms with Gasteiger partial charge in [0.15, 0.2) is 0 Å². The molecule has 0 aliphatic rings. The Balaban J connectivity index is 2.26. The molecule has 1 aromatic heterocycles. The van der Waals surface area contributed by atoms with Crippen LogP contribution in [-0.2, 0) is 0 Å². The molecule has 98 valence electrons. The monoisotopic (exact) mass is 342 g/mol. The molecule has 0 saturated heterocycles. The summed E-state index contributed by atoms with van der Waals surface area (Å²) >= 11 is 9.06. The van der Waals surface area contributed by atoms with Crippen LogP contribution in [0.1, 0.15) is 16.1 Å². The normalized spacial score (nSPS) is 10.3. The first kappa shape index (κ1) is 14.0. The smallest absolute Gasteiger partial charge is 0.258 e. The summed E-state index contributed by atoms with van der Waals surface area (Å²) in [4.78, 5) is 16.1. The van der Waals surface area contributed by atoms with E-state index in [9.17, 15) is 9.18 Å². The van der Waals surface area contributed by atoms with Gasteiger partial charge in [-0.05, 0) is 47.1 Å². The van der Waals surface area contributed by atoms with E-state index < -0.39 is 11.7 Å². The molecule has 0 unspecified atom stereocenters. The molecule has 2 rings (SSSR count). The maximum atomic E-state index is 13.3. The second-order valence-electron chi connectivity index (χ2n) is 3.82. The maximum absolute atomic E-state index is 13.3. The number of hydrogen-bond acceptors (Lipinski definition) is 2. The van der Waals surface area contributed by atoms with Crippen LogP contribution in [0.2, 0.25) is 5.02 Å². The van der Waals surface area contributed by atoms with Gasteiger partial charge in [-0.1, -0.05) is 17.7 Å². The Labute approximate surface area is 122 Å². The fraction of sp³-hybridized carbons (Fsp3) is 0.0769. The molecule has 2 aromatic rings. The molecule has 1 N–H and O–H groups in total. The van der Waals surface area contributed by atoms with E-state index in [-0.39, 0.29) is 10.6 Å². The molecule has 6 heteroatoms. The lowest BCUT2D eigenvalue weighted by Gasteiger charge is -2.07. The molecule has 0 bridgehead atoms. The second kappa shape index (κ2) is 5.67. The Morgan fingerprint density at radius 2 is 2.11 bits per heavy atom. The highest BCUT2D eigenvalue weighted by atomic mass is 79.9. The molecule has 0 saturated carbocycles. The first-order valence-electron chi connectivity index (χ1n) is 5.37. The van der Waals surface area contributed by atoms with Crippen LogP contribution in [0, 0.1) is 12.7 Å². The molecule has 0 spiro atoms. The number of amides is 1. The molecule has 0 aliphatic carbocycles. The Morgan fingerprint density at radius 1 is 1.37 bits per heavy atom. The van der Waals surface area contributed by atoms with E-state index in [1.54, 1.807) is 19.1 Å². The van der Waals surface area contributed by atoms with Gasteiger partial charge in [-0.3, -0.25) is 4.79 Å². The number of aryl methyl sites for hydroxylation is 1. The molecule has 1 amide bonds. The van der Waals surface area contributed by atoms with Crippen LogP contribution in [0.4, 0.5) is 10.2 Å². The fourth-order valence-corrected chi connectivity index (χ4v) is 1.91. The van der Waals surface area contributed by atoms with Crippen molar-refractivity contribution >= 4 is 39.3 Å². The highest BCUT2D eigenvalue weighted by Crippen LogP contribution is 2.21. The van der Waals surface area contributed by atoms with E-state index in [0.29, 0.717) is 5.82 Å². The highest BCUT2D eigenvalue weighted by molar-refractivity contribution is 9.10. The summed E-state index contributed by atoms with van der Waals surface area (Å²) in [6.07, 6.45) is 0. The summed E-state index contributed by atoms with van der Waals surface area (Å²) in [6, 6.07) is 7.48. The maximum Gasteiger partial charge on any atom is 0.258 e. The van der Waals surface area contributed by atoms with Crippen LogP contribution < -0.4 is 5.32 Å². The predicted octanol–water partition coefficient (Wildman–Crippen LogP) is 4.20. The number of halogens is 3. The Bertz CT molecular complexity index is 649. The number of carbonyl (C=O) groups excluding carboxylic acids is 1. The van der Waals surface area contributed by atoms with E-state index in [1.807, 2.05) is 0 Å². The van der Waals surface area contributed by atoms with Gasteiger partial charge in [0, 0.05) is 4.47 Å². The van der Waals surface area contributed by atoms with E-state index in [1.165, 1.54) is 18.2 Å². The molecule has 0 fully saturated rings. The van der Waals surface area contributed by atoms with Gasteiger partial charge < -0.3 is 5.32 Å². The zero-order chi connectivity index (χ0) is 14.0. The van der Waals surface area contributed by atoms with Gasteiger partial charge >= 0.3 is 0 Å². The third-order valence-electron chi connectivity index (χ3n) is 2.46. The number of aromatic nitrogens is 1. The van der Waals surface area contributed by atoms with Gasteiger partial charge in [0.25, 0.3) is 5.91 Å². The third kappa shape index (κ3) is 3.11. The number of rotatable bonds is 2. The Kier molecular flexibility index (Phi) is 4.17. The molecule has 0 radical (unpaired) electrons. The SMILES string of the molecule is Cc1nc(NC(=O)c2cccc(F)c2Cl)ccc1Br. The van der Waals surface area contributed by atoms with Crippen LogP contribution >= 0.6 is 27.5 Å². The number of anilines is 1. The number of pyridine rings is 1. The average molecular weight is 344 g/mol. The molecule has 19 heavy (non-hydrogen) atoms. The highest BCUT2D eigenvalue weighted by Gasteiger charge is 2.14. The number of nitrogens with one attached hydrogen (secondary N) is 1. The summed E-state index contributed by atoms with van der Waals surface area (Å²) in [7, 11) is 0. The number of hydrogen-bond donors (Lipinski definition) is 1. The lowest BCUT2D eigenvalue weighted by molar-refractivity contribution is 0.102. The van der Waals surface area contributed by atoms with Crippen molar-refractivity contribution in [1.82, 2.24) is 4.98 Å². The van der Waals surface area contributed by atoms with E-state index in [0.717, 1.165) is 10.2 Å². The number of carbonyl (C=O) groups is 1. The molecule has 0 atom stereocenters. The minimum Gasteiger partial charge on any atom is -0.307 e. The van der Waals surface area contributed by atoms with Crippen molar-refractivity contribution in [2.45, 2.75) is 6.92 Å². The van der Waals surface area contributed by atoms with Crippen molar-refractivity contribution in [3.63, 3.8) is 0 Å². The van der Waals surface area contributed by atoms with Gasteiger partial charge in [0.1, 0.15) is 11.6 Å². The molecule has 3 nitrogen and oxygen atoms in total. The van der Waals surface area contributed by atoms with Crippen molar-refractivity contribution in [2.75, 3.05) is 5.32 Å². The lowest BCUT2D eigenvalue weighted by atomic mass is 10.2.